The van der Waals surface area contributed by atoms with Crippen molar-refractivity contribution in [2.24, 2.45) is 0 Å². The molecule has 13 nitrogen and oxygen atoms in total. The Morgan fingerprint density at radius 1 is 0.972 bits per heavy atom. The molecule has 6 atom stereocenters. The SMILES string of the molecule is CC(=O)C(O)[C@H]1O[C@](O)(c2ccc([N+](=O)[O-])cc2C(F)F)[C@@](O)(C(C)=O)[C@](O)(C(C)=O)[C@]1(O)C(C)=O. The lowest BCUT2D eigenvalue weighted by Crippen LogP contribution is -2.89. The molecule has 1 aromatic carbocycles. The maximum absolute atomic E-state index is 14.0. The van der Waals surface area contributed by atoms with Crippen molar-refractivity contribution in [3.63, 3.8) is 0 Å². The summed E-state index contributed by atoms with van der Waals surface area (Å²) in [7, 11) is 0. The van der Waals surface area contributed by atoms with Gasteiger partial charge in [0, 0.05) is 23.3 Å². The van der Waals surface area contributed by atoms with Gasteiger partial charge in [-0.15, -0.1) is 0 Å². The number of nitro benzene ring substituents is 1. The molecule has 1 aromatic rings. The summed E-state index contributed by atoms with van der Waals surface area (Å²) in [5, 5.41) is 67.2. The first kappa shape index (κ1) is 29.2. The van der Waals surface area contributed by atoms with E-state index < -0.39 is 86.1 Å². The van der Waals surface area contributed by atoms with Crippen LogP contribution in [-0.4, -0.2) is 82.6 Å². The van der Waals surface area contributed by atoms with E-state index in [1.54, 1.807) is 0 Å². The number of nitro groups is 1. The summed E-state index contributed by atoms with van der Waals surface area (Å²) in [5.41, 5.74) is -15.8. The van der Waals surface area contributed by atoms with Gasteiger partial charge in [0.05, 0.1) is 4.92 Å². The first-order valence-electron chi connectivity index (χ1n) is 10.1. The Bertz CT molecular complexity index is 1160. The fourth-order valence-electron chi connectivity index (χ4n) is 4.47. The quantitative estimate of drug-likeness (QED) is 0.206. The van der Waals surface area contributed by atoms with Crippen LogP contribution in [-0.2, 0) is 29.7 Å². The molecule has 0 spiro atoms. The Morgan fingerprint density at radius 2 is 1.47 bits per heavy atom. The molecular weight excluding hydrogens is 496 g/mol. The van der Waals surface area contributed by atoms with Crippen molar-refractivity contribution in [2.75, 3.05) is 0 Å². The maximum atomic E-state index is 14.0. The van der Waals surface area contributed by atoms with Crippen LogP contribution >= 0.6 is 0 Å². The number of aliphatic hydroxyl groups excluding tert-OH is 1. The third kappa shape index (κ3) is 3.58. The first-order valence-corrected chi connectivity index (χ1v) is 10.1. The van der Waals surface area contributed by atoms with Crippen molar-refractivity contribution in [1.29, 1.82) is 0 Å². The number of hydrogen-bond donors (Lipinski definition) is 5. The highest BCUT2D eigenvalue weighted by Crippen LogP contribution is 2.56. The summed E-state index contributed by atoms with van der Waals surface area (Å²) in [6.45, 7) is 2.12. The van der Waals surface area contributed by atoms with Crippen molar-refractivity contribution >= 4 is 28.8 Å². The van der Waals surface area contributed by atoms with Gasteiger partial charge in [0.15, 0.2) is 28.7 Å². The number of carbonyl (C=O) groups excluding carboxylic acids is 4. The van der Waals surface area contributed by atoms with Crippen molar-refractivity contribution < 1.29 is 63.2 Å². The average molecular weight is 519 g/mol. The summed E-state index contributed by atoms with van der Waals surface area (Å²) in [5.74, 6) is -10.5. The van der Waals surface area contributed by atoms with Gasteiger partial charge in [0.25, 0.3) is 12.1 Å². The van der Waals surface area contributed by atoms with E-state index in [0.29, 0.717) is 39.8 Å². The number of ether oxygens (including phenoxy) is 1. The highest BCUT2D eigenvalue weighted by molar-refractivity contribution is 6.06. The second-order valence-corrected chi connectivity index (χ2v) is 8.42. The molecule has 36 heavy (non-hydrogen) atoms. The molecule has 1 aliphatic rings. The molecule has 1 unspecified atom stereocenters. The smallest absolute Gasteiger partial charge is 0.269 e. The number of rotatable bonds is 8. The minimum Gasteiger partial charge on any atom is -0.382 e. The van der Waals surface area contributed by atoms with Gasteiger partial charge in [0.1, 0.15) is 12.2 Å². The van der Waals surface area contributed by atoms with E-state index >= 15 is 0 Å². The van der Waals surface area contributed by atoms with E-state index in [1.165, 1.54) is 0 Å². The number of Topliss-reactive ketones (excluding diaryl/α,β-unsaturated/α-hetero) is 4. The zero-order valence-corrected chi connectivity index (χ0v) is 19.3. The number of ketones is 4. The number of hydrogen-bond acceptors (Lipinski definition) is 12. The first-order chi connectivity index (χ1) is 16.3. The minimum absolute atomic E-state index is 0.233. The van der Waals surface area contributed by atoms with Crippen LogP contribution in [0.4, 0.5) is 14.5 Å². The molecule has 1 fully saturated rings. The Labute approximate surface area is 201 Å². The maximum Gasteiger partial charge on any atom is 0.269 e. The number of nitrogens with zero attached hydrogens (tertiary/aromatic N) is 1. The third-order valence-corrected chi connectivity index (χ3v) is 6.38. The molecule has 0 amide bonds. The molecule has 1 aliphatic heterocycles. The third-order valence-electron chi connectivity index (χ3n) is 6.38. The molecule has 0 aromatic heterocycles. The Hall–Kier alpha value is -3.08. The van der Waals surface area contributed by atoms with E-state index in [-0.39, 0.29) is 6.07 Å². The fraction of sp³-hybridized carbons (Fsp3) is 0.524. The number of halogens is 2. The van der Waals surface area contributed by atoms with Gasteiger partial charge in [-0.05, 0) is 33.8 Å². The van der Waals surface area contributed by atoms with Gasteiger partial charge in [0.2, 0.25) is 17.0 Å². The number of non-ortho nitro benzene ring substituents is 1. The molecule has 0 saturated carbocycles. The van der Waals surface area contributed by atoms with Crippen LogP contribution in [0.1, 0.15) is 45.2 Å². The van der Waals surface area contributed by atoms with Gasteiger partial charge in [-0.25, -0.2) is 8.78 Å². The predicted molar refractivity (Wildman–Crippen MR) is 110 cm³/mol. The topological polar surface area (TPSA) is 222 Å². The Morgan fingerprint density at radius 3 is 1.83 bits per heavy atom. The molecule has 0 bridgehead atoms. The normalized spacial score (nSPS) is 33.2. The lowest BCUT2D eigenvalue weighted by Gasteiger charge is -2.61. The Balaban J connectivity index is 3.17. The highest BCUT2D eigenvalue weighted by atomic mass is 19.3. The second kappa shape index (κ2) is 9.10. The van der Waals surface area contributed by atoms with E-state index in [0.717, 1.165) is 0 Å². The van der Waals surface area contributed by atoms with E-state index in [2.05, 4.69) is 0 Å². The van der Waals surface area contributed by atoms with Crippen LogP contribution in [0.15, 0.2) is 18.2 Å². The molecule has 2 rings (SSSR count). The van der Waals surface area contributed by atoms with E-state index in [4.69, 9.17) is 4.74 Å². The second-order valence-electron chi connectivity index (χ2n) is 8.42. The lowest BCUT2D eigenvalue weighted by molar-refractivity contribution is -0.419. The minimum atomic E-state index is -4.15. The molecule has 1 heterocycles. The van der Waals surface area contributed by atoms with Crippen LogP contribution in [0.25, 0.3) is 0 Å². The van der Waals surface area contributed by atoms with Crippen molar-refractivity contribution in [2.45, 2.75) is 68.9 Å². The standard InChI is InChI=1S/C21H23F2NO12/c1-8(25)15(29)16-18(30,9(2)26)19(31,10(3)27)20(32,11(4)28)21(33,36-16)14-6-5-12(24(34)35)7-13(14)17(22)23/h5-7,15-17,29-33H,1-4H3/t15?,16-,18+,19+,20-,21-/m1/s1. The summed E-state index contributed by atoms with van der Waals surface area (Å²) < 4.78 is 33.0. The molecule has 198 valence electrons. The number of aliphatic hydroxyl groups is 5. The Kier molecular flexibility index (Phi) is 7.37. The van der Waals surface area contributed by atoms with Crippen molar-refractivity contribution in [3.8, 4) is 0 Å². The van der Waals surface area contributed by atoms with Crippen LogP contribution in [0, 0.1) is 10.1 Å². The monoisotopic (exact) mass is 519 g/mol. The van der Waals surface area contributed by atoms with Crippen LogP contribution < -0.4 is 0 Å². The largest absolute Gasteiger partial charge is 0.382 e. The van der Waals surface area contributed by atoms with Crippen molar-refractivity contribution in [1.82, 2.24) is 0 Å². The van der Waals surface area contributed by atoms with E-state index in [9.17, 15) is 63.6 Å². The van der Waals surface area contributed by atoms with Crippen LogP contribution in [0.5, 0.6) is 0 Å². The molecule has 15 heteroatoms. The zero-order valence-electron chi connectivity index (χ0n) is 19.3. The summed E-state index contributed by atoms with van der Waals surface area (Å²) in [4.78, 5) is 60.0. The van der Waals surface area contributed by atoms with Gasteiger partial charge in [-0.1, -0.05) is 0 Å². The molecule has 0 aliphatic carbocycles. The van der Waals surface area contributed by atoms with Gasteiger partial charge >= 0.3 is 0 Å². The number of alkyl halides is 2. The average Bonchev–Trinajstić information content (AvgIpc) is 2.78. The molecule has 0 radical (unpaired) electrons. The number of benzene rings is 1. The lowest BCUT2D eigenvalue weighted by atomic mass is 9.56. The number of carbonyl (C=O) groups is 4. The molecule has 5 N–H and O–H groups in total. The summed E-state index contributed by atoms with van der Waals surface area (Å²) >= 11 is 0. The molecular formula is C21H23F2NO12. The van der Waals surface area contributed by atoms with Crippen LogP contribution in [0.3, 0.4) is 0 Å². The van der Waals surface area contributed by atoms with Crippen molar-refractivity contribution in [3.05, 3.63) is 39.4 Å². The fourth-order valence-corrected chi connectivity index (χ4v) is 4.47. The van der Waals surface area contributed by atoms with Crippen LogP contribution in [0.2, 0.25) is 0 Å². The highest BCUT2D eigenvalue weighted by Gasteiger charge is 2.84. The molecule has 1 saturated heterocycles. The van der Waals surface area contributed by atoms with Gasteiger partial charge in [-0.2, -0.15) is 0 Å². The predicted octanol–water partition coefficient (Wildman–Crippen LogP) is -1.01. The summed E-state index contributed by atoms with van der Waals surface area (Å²) in [6, 6.07) is 1.18. The summed E-state index contributed by atoms with van der Waals surface area (Å²) in [6.07, 6.45) is -9.13. The van der Waals surface area contributed by atoms with Gasteiger partial charge < -0.3 is 30.3 Å². The zero-order chi connectivity index (χ0) is 28.2. The van der Waals surface area contributed by atoms with Gasteiger partial charge in [-0.3, -0.25) is 29.3 Å². The van der Waals surface area contributed by atoms with E-state index in [1.807, 2.05) is 0 Å².